The quantitative estimate of drug-likeness (QED) is 0.817. The highest BCUT2D eigenvalue weighted by Gasteiger charge is 2.27. The summed E-state index contributed by atoms with van der Waals surface area (Å²) < 4.78 is 0.940. The molecule has 0 saturated heterocycles. The maximum atomic E-state index is 12.0. The van der Waals surface area contributed by atoms with Gasteiger partial charge < -0.3 is 10.0 Å². The van der Waals surface area contributed by atoms with Gasteiger partial charge >= 0.3 is 0 Å². The summed E-state index contributed by atoms with van der Waals surface area (Å²) in [4.78, 5) is 14.2. The van der Waals surface area contributed by atoms with Gasteiger partial charge in [0.25, 0.3) is 0 Å². The molecule has 0 bridgehead atoms. The Kier molecular flexibility index (Phi) is 5.13. The molecule has 0 aromatic heterocycles. The number of aliphatic hydroxyl groups is 1. The highest BCUT2D eigenvalue weighted by atomic mass is 79.9. The Morgan fingerprint density at radius 1 is 1.47 bits per heavy atom. The van der Waals surface area contributed by atoms with Crippen molar-refractivity contribution in [1.29, 1.82) is 0 Å². The van der Waals surface area contributed by atoms with E-state index in [1.54, 1.807) is 0 Å². The molecule has 1 aromatic carbocycles. The van der Waals surface area contributed by atoms with Gasteiger partial charge in [0, 0.05) is 29.5 Å². The molecule has 1 fully saturated rings. The van der Waals surface area contributed by atoms with Crippen LogP contribution in [0.15, 0.2) is 28.7 Å². The zero-order valence-corrected chi connectivity index (χ0v) is 12.8. The van der Waals surface area contributed by atoms with Crippen molar-refractivity contribution < 1.29 is 9.90 Å². The van der Waals surface area contributed by atoms with Crippen LogP contribution in [0, 0.1) is 5.92 Å². The van der Waals surface area contributed by atoms with Crippen LogP contribution in [-0.4, -0.2) is 42.0 Å². The fourth-order valence-electron chi connectivity index (χ4n) is 2.48. The van der Waals surface area contributed by atoms with Crippen molar-refractivity contribution in [3.63, 3.8) is 0 Å². The number of carbonyl (C=O) groups excluding carboxylic acids is 1. The summed E-state index contributed by atoms with van der Waals surface area (Å²) in [5.74, 6) is 0.780. The van der Waals surface area contributed by atoms with Crippen molar-refractivity contribution >= 4 is 21.7 Å². The first kappa shape index (κ1) is 14.7. The number of ketones is 1. The van der Waals surface area contributed by atoms with E-state index in [1.165, 1.54) is 0 Å². The summed E-state index contributed by atoms with van der Waals surface area (Å²) in [6.45, 7) is 1.75. The fraction of sp³-hybridized carbons (Fsp3) is 0.533. The van der Waals surface area contributed by atoms with Crippen LogP contribution in [0.25, 0.3) is 0 Å². The van der Waals surface area contributed by atoms with E-state index in [-0.39, 0.29) is 11.9 Å². The minimum Gasteiger partial charge on any atom is -0.393 e. The molecule has 3 nitrogen and oxygen atoms in total. The minimum absolute atomic E-state index is 0.0956. The van der Waals surface area contributed by atoms with Crippen LogP contribution in [0.5, 0.6) is 0 Å². The third kappa shape index (κ3) is 4.41. The number of rotatable bonds is 6. The number of Topliss-reactive ketones (excluding diaryl/α,β-unsaturated/α-hetero) is 1. The van der Waals surface area contributed by atoms with E-state index in [0.717, 1.165) is 36.0 Å². The van der Waals surface area contributed by atoms with Crippen LogP contribution < -0.4 is 0 Å². The number of nitrogens with zero attached hydrogens (tertiary/aromatic N) is 1. The number of carbonyl (C=O) groups is 1. The van der Waals surface area contributed by atoms with Crippen LogP contribution in [0.3, 0.4) is 0 Å². The molecule has 19 heavy (non-hydrogen) atoms. The molecule has 1 aliphatic carbocycles. The lowest BCUT2D eigenvalue weighted by Crippen LogP contribution is -2.37. The van der Waals surface area contributed by atoms with Crippen LogP contribution >= 0.6 is 15.9 Å². The predicted molar refractivity (Wildman–Crippen MR) is 79.3 cm³/mol. The monoisotopic (exact) mass is 325 g/mol. The Balaban J connectivity index is 1.74. The first-order chi connectivity index (χ1) is 9.04. The molecule has 0 aliphatic heterocycles. The van der Waals surface area contributed by atoms with Gasteiger partial charge in [0.2, 0.25) is 0 Å². The number of hydrogen-bond acceptors (Lipinski definition) is 3. The second kappa shape index (κ2) is 6.64. The average Bonchev–Trinajstić information content (AvgIpc) is 2.34. The van der Waals surface area contributed by atoms with Gasteiger partial charge in [0.15, 0.2) is 5.78 Å². The molecule has 0 heterocycles. The van der Waals surface area contributed by atoms with Gasteiger partial charge in [-0.05, 0) is 37.9 Å². The molecule has 0 amide bonds. The van der Waals surface area contributed by atoms with Crippen molar-refractivity contribution in [3.05, 3.63) is 34.3 Å². The molecule has 1 saturated carbocycles. The third-order valence-corrected chi connectivity index (χ3v) is 4.14. The highest BCUT2D eigenvalue weighted by molar-refractivity contribution is 9.10. The molecule has 1 aromatic rings. The van der Waals surface area contributed by atoms with Crippen LogP contribution in [0.4, 0.5) is 0 Å². The van der Waals surface area contributed by atoms with Crippen LogP contribution in [0.2, 0.25) is 0 Å². The van der Waals surface area contributed by atoms with Crippen molar-refractivity contribution in [3.8, 4) is 0 Å². The van der Waals surface area contributed by atoms with Gasteiger partial charge in [-0.1, -0.05) is 28.1 Å². The second-order valence-electron chi connectivity index (χ2n) is 5.44. The van der Waals surface area contributed by atoms with Gasteiger partial charge in [-0.25, -0.2) is 0 Å². The van der Waals surface area contributed by atoms with Crippen LogP contribution in [0.1, 0.15) is 29.6 Å². The van der Waals surface area contributed by atoms with E-state index < -0.39 is 0 Å². The largest absolute Gasteiger partial charge is 0.393 e. The molecule has 4 heteroatoms. The standard InChI is InChI=1S/C15H20BrNO2/c1-17(10-11-7-14(18)8-11)6-5-15(19)12-3-2-4-13(16)9-12/h2-4,9,11,14,18H,5-8,10H2,1H3. The van der Waals surface area contributed by atoms with Gasteiger partial charge in [-0.15, -0.1) is 0 Å². The van der Waals surface area contributed by atoms with E-state index in [9.17, 15) is 9.90 Å². The summed E-state index contributed by atoms with van der Waals surface area (Å²) in [7, 11) is 2.04. The maximum Gasteiger partial charge on any atom is 0.164 e. The Labute approximate surface area is 122 Å². The van der Waals surface area contributed by atoms with E-state index in [2.05, 4.69) is 20.8 Å². The smallest absolute Gasteiger partial charge is 0.164 e. The molecule has 0 atom stereocenters. The summed E-state index contributed by atoms with van der Waals surface area (Å²) in [6, 6.07) is 7.53. The number of halogens is 1. The molecule has 0 spiro atoms. The Hall–Kier alpha value is -0.710. The van der Waals surface area contributed by atoms with E-state index in [1.807, 2.05) is 31.3 Å². The Bertz CT molecular complexity index is 444. The van der Waals surface area contributed by atoms with Crippen molar-refractivity contribution in [2.75, 3.05) is 20.1 Å². The van der Waals surface area contributed by atoms with Crippen molar-refractivity contribution in [2.24, 2.45) is 5.92 Å². The summed E-state index contributed by atoms with van der Waals surface area (Å²) in [5.41, 5.74) is 0.766. The third-order valence-electron chi connectivity index (χ3n) is 3.65. The number of benzene rings is 1. The lowest BCUT2D eigenvalue weighted by molar-refractivity contribution is 0.0281. The van der Waals surface area contributed by atoms with Gasteiger partial charge in [-0.2, -0.15) is 0 Å². The summed E-state index contributed by atoms with van der Waals surface area (Å²) in [5, 5.41) is 9.25. The van der Waals surface area contributed by atoms with Gasteiger partial charge in [0.1, 0.15) is 0 Å². The summed E-state index contributed by atoms with van der Waals surface area (Å²) in [6.07, 6.45) is 2.26. The molecule has 1 N–H and O–H groups in total. The number of aliphatic hydroxyl groups excluding tert-OH is 1. The Morgan fingerprint density at radius 2 is 2.21 bits per heavy atom. The zero-order chi connectivity index (χ0) is 13.8. The van der Waals surface area contributed by atoms with Crippen molar-refractivity contribution in [2.45, 2.75) is 25.4 Å². The Morgan fingerprint density at radius 3 is 2.84 bits per heavy atom. The molecular weight excluding hydrogens is 306 g/mol. The first-order valence-corrected chi connectivity index (χ1v) is 7.49. The molecule has 104 valence electrons. The molecule has 1 aliphatic rings. The van der Waals surface area contributed by atoms with E-state index >= 15 is 0 Å². The molecular formula is C15H20BrNO2. The molecule has 0 radical (unpaired) electrons. The normalized spacial score (nSPS) is 22.3. The average molecular weight is 326 g/mol. The topological polar surface area (TPSA) is 40.5 Å². The first-order valence-electron chi connectivity index (χ1n) is 6.70. The van der Waals surface area contributed by atoms with Gasteiger partial charge in [-0.3, -0.25) is 4.79 Å². The SMILES string of the molecule is CN(CCC(=O)c1cccc(Br)c1)CC1CC(O)C1. The van der Waals surface area contributed by atoms with Crippen molar-refractivity contribution in [1.82, 2.24) is 4.90 Å². The molecule has 2 rings (SSSR count). The lowest BCUT2D eigenvalue weighted by atomic mass is 9.82. The van der Waals surface area contributed by atoms with Gasteiger partial charge in [0.05, 0.1) is 6.10 Å². The predicted octanol–water partition coefficient (Wildman–Crippen LogP) is 2.72. The minimum atomic E-state index is -0.0956. The van der Waals surface area contributed by atoms with E-state index in [0.29, 0.717) is 12.3 Å². The molecule has 0 unspecified atom stereocenters. The lowest BCUT2D eigenvalue weighted by Gasteiger charge is -2.34. The van der Waals surface area contributed by atoms with E-state index in [4.69, 9.17) is 0 Å². The maximum absolute atomic E-state index is 12.0. The number of hydrogen-bond donors (Lipinski definition) is 1. The zero-order valence-electron chi connectivity index (χ0n) is 11.2. The highest BCUT2D eigenvalue weighted by Crippen LogP contribution is 2.27. The van der Waals surface area contributed by atoms with Crippen LogP contribution in [-0.2, 0) is 0 Å². The second-order valence-corrected chi connectivity index (χ2v) is 6.35. The summed E-state index contributed by atoms with van der Waals surface area (Å²) >= 11 is 3.38. The fourth-order valence-corrected chi connectivity index (χ4v) is 2.88.